The predicted octanol–water partition coefficient (Wildman–Crippen LogP) is -2.89. The fourth-order valence-corrected chi connectivity index (χ4v) is 1.73. The second kappa shape index (κ2) is 10.4. The van der Waals surface area contributed by atoms with E-state index in [9.17, 15) is 14.4 Å². The molecule has 0 aliphatic heterocycles. The van der Waals surface area contributed by atoms with Crippen LogP contribution in [0.4, 0.5) is 0 Å². The first-order chi connectivity index (χ1) is 10.6. The van der Waals surface area contributed by atoms with Gasteiger partial charge in [0.1, 0.15) is 6.04 Å². The smallest absolute Gasteiger partial charge is 0.243 e. The number of hydrogen-bond donors (Lipinski definition) is 6. The van der Waals surface area contributed by atoms with Gasteiger partial charge >= 0.3 is 0 Å². The third-order valence-electron chi connectivity index (χ3n) is 2.99. The summed E-state index contributed by atoms with van der Waals surface area (Å²) in [5, 5.41) is 4.93. The van der Waals surface area contributed by atoms with Gasteiger partial charge in [-0.15, -0.1) is 0 Å². The highest BCUT2D eigenvalue weighted by molar-refractivity contribution is 5.91. The van der Waals surface area contributed by atoms with Gasteiger partial charge in [0.2, 0.25) is 17.7 Å². The zero-order valence-corrected chi connectivity index (χ0v) is 13.5. The quantitative estimate of drug-likeness (QED) is 0.141. The predicted molar refractivity (Wildman–Crippen MR) is 86.9 cm³/mol. The molecule has 23 heavy (non-hydrogen) atoms. The Morgan fingerprint density at radius 3 is 2.17 bits per heavy atom. The third kappa shape index (κ3) is 9.30. The summed E-state index contributed by atoms with van der Waals surface area (Å²) >= 11 is 0. The van der Waals surface area contributed by atoms with E-state index in [0.29, 0.717) is 19.4 Å². The molecule has 0 saturated carbocycles. The maximum Gasteiger partial charge on any atom is 0.243 e. The van der Waals surface area contributed by atoms with Crippen LogP contribution in [-0.2, 0) is 14.4 Å². The van der Waals surface area contributed by atoms with Crippen LogP contribution in [-0.4, -0.2) is 48.9 Å². The van der Waals surface area contributed by atoms with Gasteiger partial charge in [0.15, 0.2) is 5.96 Å². The zero-order valence-electron chi connectivity index (χ0n) is 13.5. The van der Waals surface area contributed by atoms with Gasteiger partial charge in [0.05, 0.1) is 12.6 Å². The number of guanidine groups is 1. The van der Waals surface area contributed by atoms with Crippen LogP contribution in [0.1, 0.15) is 26.7 Å². The van der Waals surface area contributed by atoms with Crippen molar-refractivity contribution in [3.05, 3.63) is 0 Å². The fourth-order valence-electron chi connectivity index (χ4n) is 1.73. The summed E-state index contributed by atoms with van der Waals surface area (Å²) in [6, 6.07) is -1.58. The molecule has 0 aromatic rings. The Morgan fingerprint density at radius 2 is 1.70 bits per heavy atom. The second-order valence-electron chi connectivity index (χ2n) is 5.47. The van der Waals surface area contributed by atoms with Crippen LogP contribution in [0.3, 0.4) is 0 Å². The van der Waals surface area contributed by atoms with E-state index in [-0.39, 0.29) is 18.4 Å². The van der Waals surface area contributed by atoms with Crippen molar-refractivity contribution in [1.82, 2.24) is 10.6 Å². The first-order valence-electron chi connectivity index (χ1n) is 7.32. The maximum atomic E-state index is 12.0. The normalized spacial score (nSPS) is 13.0. The van der Waals surface area contributed by atoms with Gasteiger partial charge in [0.25, 0.3) is 0 Å². The summed E-state index contributed by atoms with van der Waals surface area (Å²) in [5.74, 6) is -1.80. The number of primary amides is 1. The summed E-state index contributed by atoms with van der Waals surface area (Å²) in [7, 11) is 0. The lowest BCUT2D eigenvalue weighted by Gasteiger charge is -2.23. The molecule has 0 fully saturated rings. The van der Waals surface area contributed by atoms with Crippen molar-refractivity contribution >= 4 is 23.7 Å². The van der Waals surface area contributed by atoms with E-state index in [1.807, 2.05) is 0 Å². The minimum absolute atomic E-state index is 0.0194. The Kier molecular flexibility index (Phi) is 9.31. The second-order valence-corrected chi connectivity index (χ2v) is 5.47. The zero-order chi connectivity index (χ0) is 18.0. The van der Waals surface area contributed by atoms with Crippen molar-refractivity contribution in [3.8, 4) is 0 Å². The molecule has 132 valence electrons. The van der Waals surface area contributed by atoms with Crippen LogP contribution < -0.4 is 33.6 Å². The lowest BCUT2D eigenvalue weighted by atomic mass is 10.0. The van der Waals surface area contributed by atoms with Crippen LogP contribution in [0.25, 0.3) is 0 Å². The summed E-state index contributed by atoms with van der Waals surface area (Å²) in [4.78, 5) is 38.5. The van der Waals surface area contributed by atoms with Gasteiger partial charge in [-0.3, -0.25) is 19.4 Å². The third-order valence-corrected chi connectivity index (χ3v) is 2.99. The van der Waals surface area contributed by atoms with Gasteiger partial charge in [-0.2, -0.15) is 0 Å². The van der Waals surface area contributed by atoms with Crippen molar-refractivity contribution in [2.24, 2.45) is 33.8 Å². The first-order valence-corrected chi connectivity index (χ1v) is 7.32. The number of amides is 3. The number of carbonyl (C=O) groups excluding carboxylic acids is 3. The average Bonchev–Trinajstić information content (AvgIpc) is 2.45. The van der Waals surface area contributed by atoms with Crippen LogP contribution in [0.5, 0.6) is 0 Å². The van der Waals surface area contributed by atoms with Crippen molar-refractivity contribution < 1.29 is 14.4 Å². The van der Waals surface area contributed by atoms with Gasteiger partial charge < -0.3 is 33.6 Å². The summed E-state index contributed by atoms with van der Waals surface area (Å²) in [6.07, 6.45) is 0.906. The van der Waals surface area contributed by atoms with E-state index in [2.05, 4.69) is 15.6 Å². The van der Waals surface area contributed by atoms with E-state index >= 15 is 0 Å². The lowest BCUT2D eigenvalue weighted by Crippen LogP contribution is -2.54. The fraction of sp³-hybridized carbons (Fsp3) is 0.692. The lowest BCUT2D eigenvalue weighted by molar-refractivity contribution is -0.131. The highest BCUT2D eigenvalue weighted by atomic mass is 16.2. The van der Waals surface area contributed by atoms with Gasteiger partial charge in [0, 0.05) is 6.54 Å². The highest BCUT2D eigenvalue weighted by Gasteiger charge is 2.26. The molecule has 0 spiro atoms. The number of aliphatic imine (C=N–C) groups is 1. The highest BCUT2D eigenvalue weighted by Crippen LogP contribution is 2.03. The van der Waals surface area contributed by atoms with Gasteiger partial charge in [-0.05, 0) is 18.8 Å². The number of nitrogens with two attached hydrogens (primary N) is 4. The van der Waals surface area contributed by atoms with Gasteiger partial charge in [-0.1, -0.05) is 13.8 Å². The summed E-state index contributed by atoms with van der Waals surface area (Å²) in [5.41, 5.74) is 21.1. The molecule has 2 atom stereocenters. The molecule has 0 bridgehead atoms. The molecule has 0 saturated heterocycles. The number of hydrogen-bond acceptors (Lipinski definition) is 5. The SMILES string of the molecule is CC(C)[C@H](NC(=O)[C@@H](N)CCCN=C(N)N)C(=O)NCC(N)=O. The molecule has 0 aromatic carbocycles. The van der Waals surface area contributed by atoms with Crippen molar-refractivity contribution in [1.29, 1.82) is 0 Å². The molecule has 0 aliphatic carbocycles. The van der Waals surface area contributed by atoms with Crippen molar-refractivity contribution in [3.63, 3.8) is 0 Å². The Morgan fingerprint density at radius 1 is 1.09 bits per heavy atom. The molecule has 0 aromatic heterocycles. The molecular weight excluding hydrogens is 302 g/mol. The van der Waals surface area contributed by atoms with Crippen molar-refractivity contribution in [2.75, 3.05) is 13.1 Å². The van der Waals surface area contributed by atoms with E-state index in [0.717, 1.165) is 0 Å². The molecule has 3 amide bonds. The topological polar surface area (TPSA) is 192 Å². The molecule has 0 radical (unpaired) electrons. The van der Waals surface area contributed by atoms with Crippen LogP contribution in [0.15, 0.2) is 4.99 Å². The largest absolute Gasteiger partial charge is 0.370 e. The molecule has 0 heterocycles. The number of nitrogens with one attached hydrogen (secondary N) is 2. The van der Waals surface area contributed by atoms with E-state index in [4.69, 9.17) is 22.9 Å². The standard InChI is InChI=1S/C13H27N7O3/c1-7(2)10(12(23)19-6-9(15)21)20-11(22)8(14)4-3-5-18-13(16)17/h7-8,10H,3-6,14H2,1-2H3,(H2,15,21)(H,19,23)(H,20,22)(H4,16,17,18)/t8-,10-/m0/s1. The first kappa shape index (κ1) is 20.6. The van der Waals surface area contributed by atoms with Gasteiger partial charge in [-0.25, -0.2) is 0 Å². The molecular formula is C13H27N7O3. The Labute approximate surface area is 135 Å². The Balaban J connectivity index is 4.45. The molecule has 0 aliphatic rings. The Bertz CT molecular complexity index is 447. The van der Waals surface area contributed by atoms with Crippen molar-refractivity contribution in [2.45, 2.75) is 38.8 Å². The summed E-state index contributed by atoms with van der Waals surface area (Å²) < 4.78 is 0. The monoisotopic (exact) mass is 329 g/mol. The van der Waals surface area contributed by atoms with E-state index in [1.165, 1.54) is 0 Å². The van der Waals surface area contributed by atoms with Crippen LogP contribution in [0, 0.1) is 5.92 Å². The molecule has 10 nitrogen and oxygen atoms in total. The molecule has 10 heteroatoms. The van der Waals surface area contributed by atoms with E-state index < -0.39 is 29.8 Å². The maximum absolute atomic E-state index is 12.0. The number of nitrogens with zero attached hydrogens (tertiary/aromatic N) is 1. The van der Waals surface area contributed by atoms with Crippen LogP contribution in [0.2, 0.25) is 0 Å². The summed E-state index contributed by atoms with van der Waals surface area (Å²) in [6.45, 7) is 3.61. The Hall–Kier alpha value is -2.36. The number of rotatable bonds is 10. The molecule has 0 unspecified atom stereocenters. The van der Waals surface area contributed by atoms with E-state index in [1.54, 1.807) is 13.8 Å². The molecule has 10 N–H and O–H groups in total. The minimum Gasteiger partial charge on any atom is -0.370 e. The number of carbonyl (C=O) groups is 3. The molecule has 0 rings (SSSR count). The van der Waals surface area contributed by atoms with Crippen LogP contribution >= 0.6 is 0 Å². The average molecular weight is 329 g/mol. The minimum atomic E-state index is -0.800.